The van der Waals surface area contributed by atoms with E-state index in [0.717, 1.165) is 6.29 Å². The standard InChI is InChI=1S/C12H19N3O3S/c1-9-4-15(5-10(2)19(9,17)18)7-12-11(8-16)6-14(3)13-12/h6,8-10H,4-5,7H2,1-3H3. The second-order valence-corrected chi connectivity index (χ2v) is 8.01. The first kappa shape index (κ1) is 14.2. The Hall–Kier alpha value is -1.21. The maximum Gasteiger partial charge on any atom is 0.157 e. The van der Waals surface area contributed by atoms with Crippen LogP contribution in [-0.2, 0) is 23.4 Å². The first-order chi connectivity index (χ1) is 8.84. The van der Waals surface area contributed by atoms with Crippen LogP contribution in [0.25, 0.3) is 0 Å². The fraction of sp³-hybridized carbons (Fsp3) is 0.667. The lowest BCUT2D eigenvalue weighted by molar-refractivity contribution is 0.112. The van der Waals surface area contributed by atoms with Gasteiger partial charge < -0.3 is 0 Å². The molecule has 2 unspecified atom stereocenters. The third-order valence-corrected chi connectivity index (χ3v) is 6.13. The number of aromatic nitrogens is 2. The predicted molar refractivity (Wildman–Crippen MR) is 71.7 cm³/mol. The van der Waals surface area contributed by atoms with Crippen LogP contribution in [0.15, 0.2) is 6.20 Å². The monoisotopic (exact) mass is 285 g/mol. The smallest absolute Gasteiger partial charge is 0.157 e. The van der Waals surface area contributed by atoms with Gasteiger partial charge in [0.1, 0.15) is 0 Å². The molecule has 1 aliphatic rings. The molecule has 0 N–H and O–H groups in total. The summed E-state index contributed by atoms with van der Waals surface area (Å²) in [6.45, 7) is 4.95. The first-order valence-corrected chi connectivity index (χ1v) is 7.88. The Morgan fingerprint density at radius 2 is 1.95 bits per heavy atom. The lowest BCUT2D eigenvalue weighted by Gasteiger charge is -2.34. The number of aryl methyl sites for hydroxylation is 1. The SMILES string of the molecule is CC1CN(Cc2nn(C)cc2C=O)CC(C)S1(=O)=O. The van der Waals surface area contributed by atoms with Crippen molar-refractivity contribution in [2.75, 3.05) is 13.1 Å². The van der Waals surface area contributed by atoms with Crippen molar-refractivity contribution in [1.29, 1.82) is 0 Å². The normalized spacial score (nSPS) is 27.3. The number of nitrogens with zero attached hydrogens (tertiary/aromatic N) is 3. The molecule has 0 radical (unpaired) electrons. The minimum atomic E-state index is -3.01. The second-order valence-electron chi connectivity index (χ2n) is 5.23. The van der Waals surface area contributed by atoms with Crippen LogP contribution in [0.3, 0.4) is 0 Å². The highest BCUT2D eigenvalue weighted by molar-refractivity contribution is 7.92. The van der Waals surface area contributed by atoms with Crippen molar-refractivity contribution in [3.8, 4) is 0 Å². The zero-order chi connectivity index (χ0) is 14.2. The highest BCUT2D eigenvalue weighted by Crippen LogP contribution is 2.20. The van der Waals surface area contributed by atoms with Gasteiger partial charge in [-0.05, 0) is 13.8 Å². The number of sulfone groups is 1. The summed E-state index contributed by atoms with van der Waals surface area (Å²) >= 11 is 0. The maximum atomic E-state index is 11.9. The van der Waals surface area contributed by atoms with Gasteiger partial charge in [-0.2, -0.15) is 5.10 Å². The Bertz CT molecular complexity index is 561. The summed E-state index contributed by atoms with van der Waals surface area (Å²) in [6, 6.07) is 0. The van der Waals surface area contributed by atoms with Crippen LogP contribution in [0.1, 0.15) is 29.9 Å². The van der Waals surface area contributed by atoms with E-state index in [9.17, 15) is 13.2 Å². The molecule has 1 aromatic heterocycles. The molecule has 1 aromatic rings. The first-order valence-electron chi connectivity index (χ1n) is 6.27. The minimum Gasteiger partial charge on any atom is -0.298 e. The zero-order valence-electron chi connectivity index (χ0n) is 11.4. The number of hydrogen-bond acceptors (Lipinski definition) is 5. The summed E-state index contributed by atoms with van der Waals surface area (Å²) in [6.07, 6.45) is 2.46. The molecule has 1 saturated heterocycles. The van der Waals surface area contributed by atoms with Gasteiger partial charge in [-0.15, -0.1) is 0 Å². The summed E-state index contributed by atoms with van der Waals surface area (Å²) in [5, 5.41) is 3.51. The van der Waals surface area contributed by atoms with E-state index in [4.69, 9.17) is 0 Å². The molecule has 2 heterocycles. The Balaban J connectivity index is 2.15. The average molecular weight is 285 g/mol. The molecule has 2 atom stereocenters. The zero-order valence-corrected chi connectivity index (χ0v) is 12.2. The quantitative estimate of drug-likeness (QED) is 0.744. The summed E-state index contributed by atoms with van der Waals surface area (Å²) in [4.78, 5) is 13.0. The lowest BCUT2D eigenvalue weighted by Crippen LogP contribution is -2.49. The molecule has 0 aliphatic carbocycles. The molecule has 1 aliphatic heterocycles. The van der Waals surface area contributed by atoms with Gasteiger partial charge in [0.05, 0.1) is 21.8 Å². The fourth-order valence-corrected chi connectivity index (χ4v) is 4.15. The van der Waals surface area contributed by atoms with E-state index in [1.807, 2.05) is 4.90 Å². The summed E-state index contributed by atoms with van der Waals surface area (Å²) in [5.41, 5.74) is 1.27. The van der Waals surface area contributed by atoms with Gasteiger partial charge in [0.2, 0.25) is 0 Å². The molecular formula is C12H19N3O3S. The van der Waals surface area contributed by atoms with E-state index in [1.54, 1.807) is 31.8 Å². The van der Waals surface area contributed by atoms with Crippen LogP contribution < -0.4 is 0 Å². The molecule has 2 rings (SSSR count). The van der Waals surface area contributed by atoms with Crippen molar-refractivity contribution in [2.24, 2.45) is 7.05 Å². The van der Waals surface area contributed by atoms with Crippen molar-refractivity contribution in [2.45, 2.75) is 30.9 Å². The van der Waals surface area contributed by atoms with Gasteiger partial charge in [0, 0.05) is 32.9 Å². The van der Waals surface area contributed by atoms with Gasteiger partial charge in [0.15, 0.2) is 16.1 Å². The molecule has 6 nitrogen and oxygen atoms in total. The summed E-state index contributed by atoms with van der Waals surface area (Å²) in [7, 11) is -1.25. The van der Waals surface area contributed by atoms with Crippen LogP contribution in [0, 0.1) is 0 Å². The highest BCUT2D eigenvalue weighted by Gasteiger charge is 2.35. The average Bonchev–Trinajstić information content (AvgIpc) is 2.67. The van der Waals surface area contributed by atoms with E-state index in [2.05, 4.69) is 5.10 Å². The van der Waals surface area contributed by atoms with Crippen LogP contribution in [0.4, 0.5) is 0 Å². The van der Waals surface area contributed by atoms with E-state index in [0.29, 0.717) is 30.9 Å². The number of hydrogen-bond donors (Lipinski definition) is 0. The molecule has 0 saturated carbocycles. The van der Waals surface area contributed by atoms with Gasteiger partial charge in [-0.1, -0.05) is 0 Å². The van der Waals surface area contributed by atoms with E-state index in [1.165, 1.54) is 0 Å². The van der Waals surface area contributed by atoms with Crippen molar-refractivity contribution < 1.29 is 13.2 Å². The number of aldehydes is 1. The van der Waals surface area contributed by atoms with E-state index in [-0.39, 0.29) is 10.5 Å². The van der Waals surface area contributed by atoms with Gasteiger partial charge in [0.25, 0.3) is 0 Å². The van der Waals surface area contributed by atoms with Gasteiger partial charge >= 0.3 is 0 Å². The highest BCUT2D eigenvalue weighted by atomic mass is 32.2. The van der Waals surface area contributed by atoms with Crippen LogP contribution >= 0.6 is 0 Å². The van der Waals surface area contributed by atoms with Crippen molar-refractivity contribution in [3.63, 3.8) is 0 Å². The molecule has 106 valence electrons. The fourth-order valence-electron chi connectivity index (χ4n) is 2.52. The predicted octanol–water partition coefficient (Wildman–Crippen LogP) is 0.240. The Labute approximate surface area is 113 Å². The van der Waals surface area contributed by atoms with Crippen molar-refractivity contribution >= 4 is 16.1 Å². The number of carbonyl (C=O) groups excluding carboxylic acids is 1. The molecule has 0 spiro atoms. The van der Waals surface area contributed by atoms with Gasteiger partial charge in [-0.3, -0.25) is 14.4 Å². The topological polar surface area (TPSA) is 72.3 Å². The van der Waals surface area contributed by atoms with Crippen molar-refractivity contribution in [3.05, 3.63) is 17.5 Å². The molecule has 0 aromatic carbocycles. The minimum absolute atomic E-state index is 0.375. The summed E-state index contributed by atoms with van der Waals surface area (Å²) in [5.74, 6) is 0. The second kappa shape index (κ2) is 5.05. The lowest BCUT2D eigenvalue weighted by atomic mass is 10.2. The molecule has 7 heteroatoms. The van der Waals surface area contributed by atoms with E-state index < -0.39 is 9.84 Å². The molecule has 0 bridgehead atoms. The summed E-state index contributed by atoms with van der Waals surface area (Å²) < 4.78 is 25.5. The third-order valence-electron chi connectivity index (χ3n) is 3.59. The molecule has 1 fully saturated rings. The third kappa shape index (κ3) is 2.71. The van der Waals surface area contributed by atoms with Crippen molar-refractivity contribution in [1.82, 2.24) is 14.7 Å². The largest absolute Gasteiger partial charge is 0.298 e. The number of rotatable bonds is 3. The Kier molecular flexibility index (Phi) is 3.78. The van der Waals surface area contributed by atoms with Crippen LogP contribution in [0.2, 0.25) is 0 Å². The van der Waals surface area contributed by atoms with Crippen LogP contribution in [0.5, 0.6) is 0 Å². The molecule has 0 amide bonds. The maximum absolute atomic E-state index is 11.9. The Morgan fingerprint density at radius 3 is 2.47 bits per heavy atom. The van der Waals surface area contributed by atoms with Crippen LogP contribution in [-0.4, -0.2) is 53.0 Å². The van der Waals surface area contributed by atoms with E-state index >= 15 is 0 Å². The Morgan fingerprint density at radius 1 is 1.37 bits per heavy atom. The molecule has 19 heavy (non-hydrogen) atoms. The van der Waals surface area contributed by atoms with Gasteiger partial charge in [-0.25, -0.2) is 8.42 Å². The number of carbonyl (C=O) groups is 1. The molecular weight excluding hydrogens is 266 g/mol.